The molecule has 4 rings (SSSR count). The summed E-state index contributed by atoms with van der Waals surface area (Å²) >= 11 is 0. The van der Waals surface area contributed by atoms with E-state index in [2.05, 4.69) is 18.8 Å². The molecule has 0 nitrogen and oxygen atoms in total. The molecule has 0 radical (unpaired) electrons. The number of hydrogen-bond donors (Lipinski definition) is 0. The smallest absolute Gasteiger partial charge is 0.195 e. The Morgan fingerprint density at radius 1 is 0.605 bits per heavy atom. The summed E-state index contributed by atoms with van der Waals surface area (Å²) in [7, 11) is 0. The predicted octanol–water partition coefficient (Wildman–Crippen LogP) is 9.39. The van der Waals surface area contributed by atoms with Gasteiger partial charge in [0.05, 0.1) is 10.9 Å². The highest BCUT2D eigenvalue weighted by Gasteiger charge is 2.18. The number of unbranched alkanes of at least 4 members (excludes halogenated alkanes) is 4. The van der Waals surface area contributed by atoms with Crippen LogP contribution in [0, 0.1) is 52.6 Å². The lowest BCUT2D eigenvalue weighted by Crippen LogP contribution is -1.96. The van der Waals surface area contributed by atoms with Gasteiger partial charge in [0.15, 0.2) is 17.5 Å². The first-order valence-corrected chi connectivity index (χ1v) is 12.3. The van der Waals surface area contributed by atoms with Crippen molar-refractivity contribution < 1.29 is 30.7 Å². The van der Waals surface area contributed by atoms with E-state index in [4.69, 9.17) is 0 Å². The van der Waals surface area contributed by atoms with Gasteiger partial charge in [-0.1, -0.05) is 56.6 Å². The molecule has 4 aromatic carbocycles. The van der Waals surface area contributed by atoms with E-state index in [0.29, 0.717) is 12.5 Å². The molecule has 196 valence electrons. The molecule has 0 bridgehead atoms. The molecule has 0 spiro atoms. The van der Waals surface area contributed by atoms with Crippen molar-refractivity contribution in [3.8, 4) is 23.0 Å². The predicted molar refractivity (Wildman–Crippen MR) is 134 cm³/mol. The maximum absolute atomic E-state index is 14.8. The molecule has 0 atom stereocenters. The van der Waals surface area contributed by atoms with Gasteiger partial charge in [0.2, 0.25) is 0 Å². The van der Waals surface area contributed by atoms with E-state index >= 15 is 0 Å². The lowest BCUT2D eigenvalue weighted by atomic mass is 9.98. The summed E-state index contributed by atoms with van der Waals surface area (Å²) in [4.78, 5) is 0. The minimum atomic E-state index is -1.81. The molecule has 0 aliphatic carbocycles. The van der Waals surface area contributed by atoms with Crippen LogP contribution in [-0.4, -0.2) is 0 Å². The SMILES string of the molecule is CCCCCCCc1ccc(-c2cc(F)c(C#Cc3cc(F)c4c(F)c(F)c(F)cc4c3)c(F)c2)c(F)c1. The average Bonchev–Trinajstić information content (AvgIpc) is 2.86. The highest BCUT2D eigenvalue weighted by atomic mass is 19.2. The summed E-state index contributed by atoms with van der Waals surface area (Å²) in [6.07, 6.45) is 6.10. The van der Waals surface area contributed by atoms with Crippen LogP contribution >= 0.6 is 0 Å². The summed E-state index contributed by atoms with van der Waals surface area (Å²) in [5.74, 6) is -4.34. The topological polar surface area (TPSA) is 0 Å². The molecule has 0 amide bonds. The van der Waals surface area contributed by atoms with Gasteiger partial charge in [-0.2, -0.15) is 0 Å². The Kier molecular flexibility index (Phi) is 8.41. The molecular formula is C31H23F7. The molecular weight excluding hydrogens is 505 g/mol. The maximum atomic E-state index is 14.8. The van der Waals surface area contributed by atoms with Crippen LogP contribution in [0.1, 0.15) is 55.7 Å². The number of benzene rings is 4. The van der Waals surface area contributed by atoms with Crippen LogP contribution in [0.4, 0.5) is 30.7 Å². The van der Waals surface area contributed by atoms with Crippen molar-refractivity contribution in [2.75, 3.05) is 0 Å². The Morgan fingerprint density at radius 3 is 2.00 bits per heavy atom. The number of aryl methyl sites for hydroxylation is 1. The third-order valence-electron chi connectivity index (χ3n) is 6.31. The van der Waals surface area contributed by atoms with Crippen LogP contribution in [0.25, 0.3) is 21.9 Å². The highest BCUT2D eigenvalue weighted by Crippen LogP contribution is 2.29. The summed E-state index contributed by atoms with van der Waals surface area (Å²) in [6.45, 7) is 2.13. The first-order chi connectivity index (χ1) is 18.2. The monoisotopic (exact) mass is 528 g/mol. The zero-order valence-electron chi connectivity index (χ0n) is 20.5. The van der Waals surface area contributed by atoms with E-state index in [1.807, 2.05) is 0 Å². The zero-order chi connectivity index (χ0) is 27.4. The number of rotatable bonds is 7. The molecule has 7 heteroatoms. The molecule has 0 aliphatic heterocycles. The van der Waals surface area contributed by atoms with Crippen molar-refractivity contribution in [3.05, 3.63) is 106 Å². The molecule has 4 aromatic rings. The van der Waals surface area contributed by atoms with Gasteiger partial charge in [0.25, 0.3) is 0 Å². The second-order valence-electron chi connectivity index (χ2n) is 9.09. The Labute approximate surface area is 216 Å². The number of hydrogen-bond acceptors (Lipinski definition) is 0. The minimum Gasteiger partial charge on any atom is -0.206 e. The van der Waals surface area contributed by atoms with Gasteiger partial charge in [0, 0.05) is 11.1 Å². The van der Waals surface area contributed by atoms with E-state index in [9.17, 15) is 30.7 Å². The van der Waals surface area contributed by atoms with Crippen molar-refractivity contribution in [2.45, 2.75) is 45.4 Å². The Balaban J connectivity index is 1.59. The van der Waals surface area contributed by atoms with E-state index < -0.39 is 51.7 Å². The Bertz CT molecular complexity index is 1540. The van der Waals surface area contributed by atoms with Crippen LogP contribution < -0.4 is 0 Å². The Morgan fingerprint density at radius 2 is 1.32 bits per heavy atom. The van der Waals surface area contributed by atoms with Crippen LogP contribution in [0.15, 0.2) is 48.5 Å². The summed E-state index contributed by atoms with van der Waals surface area (Å²) < 4.78 is 99.6. The summed E-state index contributed by atoms with van der Waals surface area (Å²) in [5.41, 5.74) is 0.0398. The van der Waals surface area contributed by atoms with Crippen molar-refractivity contribution >= 4 is 10.8 Å². The second-order valence-corrected chi connectivity index (χ2v) is 9.09. The average molecular weight is 529 g/mol. The summed E-state index contributed by atoms with van der Waals surface area (Å²) in [5, 5.41) is -1.07. The van der Waals surface area contributed by atoms with E-state index in [0.717, 1.165) is 61.9 Å². The first-order valence-electron chi connectivity index (χ1n) is 12.3. The fourth-order valence-corrected chi connectivity index (χ4v) is 4.32. The standard InChI is InChI=1S/C31H23F7/c1-2-3-4-5-6-7-18-8-10-22(24(32)13-18)20-15-25(33)23(26(34)16-20)11-9-19-12-21-17-28(36)30(37)31(38)29(21)27(35)14-19/h8,10,12-17H,2-7H2,1H3. The van der Waals surface area contributed by atoms with Gasteiger partial charge in [-0.05, 0) is 65.8 Å². The van der Waals surface area contributed by atoms with Gasteiger partial charge in [-0.15, -0.1) is 0 Å². The van der Waals surface area contributed by atoms with Crippen molar-refractivity contribution in [1.29, 1.82) is 0 Å². The van der Waals surface area contributed by atoms with Gasteiger partial charge in [-0.25, -0.2) is 30.7 Å². The van der Waals surface area contributed by atoms with Gasteiger partial charge >= 0.3 is 0 Å². The van der Waals surface area contributed by atoms with Gasteiger partial charge in [-0.3, -0.25) is 0 Å². The molecule has 0 unspecified atom stereocenters. The Hall–Kier alpha value is -3.79. The van der Waals surface area contributed by atoms with Crippen molar-refractivity contribution in [3.63, 3.8) is 0 Å². The number of halogens is 7. The van der Waals surface area contributed by atoms with Crippen LogP contribution in [0.3, 0.4) is 0 Å². The van der Waals surface area contributed by atoms with Crippen LogP contribution in [0.2, 0.25) is 0 Å². The van der Waals surface area contributed by atoms with E-state index in [1.54, 1.807) is 6.07 Å². The second kappa shape index (κ2) is 11.7. The minimum absolute atomic E-state index is 0.0118. The van der Waals surface area contributed by atoms with E-state index in [1.165, 1.54) is 12.1 Å². The lowest BCUT2D eigenvalue weighted by molar-refractivity contribution is 0.451. The highest BCUT2D eigenvalue weighted by molar-refractivity contribution is 5.85. The molecule has 0 N–H and O–H groups in total. The van der Waals surface area contributed by atoms with Crippen molar-refractivity contribution in [2.24, 2.45) is 0 Å². The normalized spacial score (nSPS) is 11.1. The maximum Gasteiger partial charge on any atom is 0.195 e. The third-order valence-corrected chi connectivity index (χ3v) is 6.31. The fraction of sp³-hybridized carbons (Fsp3) is 0.226. The molecule has 0 heterocycles. The van der Waals surface area contributed by atoms with Crippen LogP contribution in [-0.2, 0) is 6.42 Å². The van der Waals surface area contributed by atoms with E-state index in [-0.39, 0.29) is 22.1 Å². The molecule has 0 saturated carbocycles. The summed E-state index contributed by atoms with van der Waals surface area (Å²) in [6, 6.07) is 8.90. The fourth-order valence-electron chi connectivity index (χ4n) is 4.32. The lowest BCUT2D eigenvalue weighted by Gasteiger charge is -2.09. The molecule has 0 saturated heterocycles. The molecule has 38 heavy (non-hydrogen) atoms. The zero-order valence-corrected chi connectivity index (χ0v) is 20.5. The molecule has 0 fully saturated rings. The molecule has 0 aromatic heterocycles. The van der Waals surface area contributed by atoms with Crippen LogP contribution in [0.5, 0.6) is 0 Å². The first kappa shape index (κ1) is 27.3. The quantitative estimate of drug-likeness (QED) is 0.0970. The van der Waals surface area contributed by atoms with Gasteiger partial charge < -0.3 is 0 Å². The van der Waals surface area contributed by atoms with Crippen molar-refractivity contribution in [1.82, 2.24) is 0 Å². The largest absolute Gasteiger partial charge is 0.206 e. The molecule has 0 aliphatic rings. The number of fused-ring (bicyclic) bond motifs is 1. The van der Waals surface area contributed by atoms with Gasteiger partial charge in [0.1, 0.15) is 23.3 Å². The third kappa shape index (κ3) is 5.85.